The first-order chi connectivity index (χ1) is 12.3. The third kappa shape index (κ3) is 3.45. The van der Waals surface area contributed by atoms with E-state index in [2.05, 4.69) is 15.3 Å². The minimum absolute atomic E-state index is 0.0944. The summed E-state index contributed by atoms with van der Waals surface area (Å²) in [6, 6.07) is 11.9. The average Bonchev–Trinajstić information content (AvgIpc) is 3.35. The number of amides is 1. The molecule has 0 aliphatic carbocycles. The van der Waals surface area contributed by atoms with Crippen LogP contribution in [-0.2, 0) is 11.2 Å². The molecule has 1 aliphatic rings. The predicted octanol–water partition coefficient (Wildman–Crippen LogP) is 1.87. The lowest BCUT2D eigenvalue weighted by molar-refractivity contribution is -0.132. The molecule has 0 radical (unpaired) electrons. The smallest absolute Gasteiger partial charge is 0.228 e. The van der Waals surface area contributed by atoms with Crippen LogP contribution < -0.4 is 0 Å². The molecule has 0 spiro atoms. The van der Waals surface area contributed by atoms with Crippen molar-refractivity contribution < 1.29 is 4.79 Å². The van der Waals surface area contributed by atoms with Crippen LogP contribution in [-0.4, -0.2) is 48.7 Å². The van der Waals surface area contributed by atoms with Gasteiger partial charge in [0, 0.05) is 25.5 Å². The summed E-state index contributed by atoms with van der Waals surface area (Å²) in [7, 11) is 0. The molecule has 3 heterocycles. The molecule has 1 atom stereocenters. The third-order valence-electron chi connectivity index (χ3n) is 4.51. The number of carbonyl (C=O) groups is 1. The van der Waals surface area contributed by atoms with Crippen LogP contribution in [0.2, 0.25) is 0 Å². The summed E-state index contributed by atoms with van der Waals surface area (Å²) in [5.41, 5.74) is 1.58. The average molecular weight is 336 g/mol. The molecular formula is C18H20N6O. The van der Waals surface area contributed by atoms with Crippen molar-refractivity contribution in [1.82, 2.24) is 29.7 Å². The number of likely N-dealkylation sites (tertiary alicyclic amines) is 1. The fourth-order valence-electron chi connectivity index (χ4n) is 3.22. The second kappa shape index (κ2) is 6.88. The van der Waals surface area contributed by atoms with Crippen molar-refractivity contribution in [3.63, 3.8) is 0 Å². The second-order valence-electron chi connectivity index (χ2n) is 6.26. The summed E-state index contributed by atoms with van der Waals surface area (Å²) in [6.45, 7) is 1.50. The Labute approximate surface area is 145 Å². The summed E-state index contributed by atoms with van der Waals surface area (Å²) < 4.78 is 1.95. The first-order valence-electron chi connectivity index (χ1n) is 8.53. The number of benzene rings is 1. The monoisotopic (exact) mass is 336 g/mol. The zero-order chi connectivity index (χ0) is 17.1. The molecular weight excluding hydrogens is 316 g/mol. The maximum Gasteiger partial charge on any atom is 0.228 e. The second-order valence-corrected chi connectivity index (χ2v) is 6.26. The van der Waals surface area contributed by atoms with Gasteiger partial charge in [-0.1, -0.05) is 18.2 Å². The molecule has 0 saturated carbocycles. The van der Waals surface area contributed by atoms with Crippen LogP contribution in [0.15, 0.2) is 55.0 Å². The van der Waals surface area contributed by atoms with E-state index >= 15 is 0 Å². The van der Waals surface area contributed by atoms with Gasteiger partial charge in [0.25, 0.3) is 0 Å². The highest BCUT2D eigenvalue weighted by Crippen LogP contribution is 2.21. The molecule has 0 N–H and O–H groups in total. The lowest BCUT2D eigenvalue weighted by Gasteiger charge is -2.32. The number of carbonyl (C=O) groups excluding carboxylic acids is 1. The van der Waals surface area contributed by atoms with E-state index in [0.29, 0.717) is 12.2 Å². The fourth-order valence-corrected chi connectivity index (χ4v) is 3.22. The molecule has 1 fully saturated rings. The van der Waals surface area contributed by atoms with Gasteiger partial charge in [-0.3, -0.25) is 9.48 Å². The summed E-state index contributed by atoms with van der Waals surface area (Å²) in [5.74, 6) is 0.0944. The van der Waals surface area contributed by atoms with Crippen molar-refractivity contribution in [2.24, 2.45) is 0 Å². The molecule has 0 bridgehead atoms. The SMILES string of the molecule is O=C(Cc1cnn(-c2ccccc2)n1)N1CCCC(n2cccn2)C1. The molecule has 4 rings (SSSR count). The third-order valence-corrected chi connectivity index (χ3v) is 4.51. The summed E-state index contributed by atoms with van der Waals surface area (Å²) >= 11 is 0. The molecule has 7 nitrogen and oxygen atoms in total. The summed E-state index contributed by atoms with van der Waals surface area (Å²) in [5, 5.41) is 13.0. The van der Waals surface area contributed by atoms with Gasteiger partial charge in [-0.2, -0.15) is 20.1 Å². The Morgan fingerprint density at radius 3 is 2.84 bits per heavy atom. The molecule has 1 unspecified atom stereocenters. The topological polar surface area (TPSA) is 68.8 Å². The molecule has 7 heteroatoms. The van der Waals surface area contributed by atoms with Crippen LogP contribution in [0.5, 0.6) is 0 Å². The molecule has 25 heavy (non-hydrogen) atoms. The van der Waals surface area contributed by atoms with Crippen LogP contribution in [0.3, 0.4) is 0 Å². The highest BCUT2D eigenvalue weighted by molar-refractivity contribution is 5.78. The molecule has 128 valence electrons. The van der Waals surface area contributed by atoms with Crippen LogP contribution >= 0.6 is 0 Å². The molecule has 1 aliphatic heterocycles. The highest BCUT2D eigenvalue weighted by Gasteiger charge is 2.25. The number of rotatable bonds is 4. The van der Waals surface area contributed by atoms with Gasteiger partial charge in [-0.05, 0) is 31.0 Å². The molecule has 3 aromatic rings. The van der Waals surface area contributed by atoms with Crippen molar-refractivity contribution in [3.8, 4) is 5.69 Å². The zero-order valence-electron chi connectivity index (χ0n) is 13.9. The van der Waals surface area contributed by atoms with Crippen molar-refractivity contribution in [1.29, 1.82) is 0 Å². The number of nitrogens with zero attached hydrogens (tertiary/aromatic N) is 6. The van der Waals surface area contributed by atoms with Gasteiger partial charge >= 0.3 is 0 Å². The van der Waals surface area contributed by atoms with Gasteiger partial charge in [-0.25, -0.2) is 0 Å². The van der Waals surface area contributed by atoms with E-state index in [4.69, 9.17) is 0 Å². The van der Waals surface area contributed by atoms with Gasteiger partial charge in [0.05, 0.1) is 30.0 Å². The van der Waals surface area contributed by atoms with E-state index in [0.717, 1.165) is 25.1 Å². The number of para-hydroxylation sites is 1. The van der Waals surface area contributed by atoms with E-state index in [1.165, 1.54) is 0 Å². The summed E-state index contributed by atoms with van der Waals surface area (Å²) in [6.07, 6.45) is 7.73. The quantitative estimate of drug-likeness (QED) is 0.729. The minimum Gasteiger partial charge on any atom is -0.340 e. The lowest BCUT2D eigenvalue weighted by Crippen LogP contribution is -2.41. The van der Waals surface area contributed by atoms with E-state index in [1.54, 1.807) is 17.2 Å². The van der Waals surface area contributed by atoms with Gasteiger partial charge in [0.1, 0.15) is 0 Å². The normalized spacial score (nSPS) is 17.6. The van der Waals surface area contributed by atoms with Crippen LogP contribution in [0.1, 0.15) is 24.6 Å². The first-order valence-corrected chi connectivity index (χ1v) is 8.53. The maximum atomic E-state index is 12.6. The maximum absolute atomic E-state index is 12.6. The van der Waals surface area contributed by atoms with E-state index < -0.39 is 0 Å². The van der Waals surface area contributed by atoms with E-state index in [9.17, 15) is 4.79 Å². The van der Waals surface area contributed by atoms with Crippen molar-refractivity contribution in [3.05, 3.63) is 60.7 Å². The molecule has 1 saturated heterocycles. The minimum atomic E-state index is 0.0944. The Kier molecular flexibility index (Phi) is 4.28. The number of hydrogen-bond acceptors (Lipinski definition) is 4. The van der Waals surface area contributed by atoms with E-state index in [1.807, 2.05) is 52.2 Å². The molecule has 1 amide bonds. The predicted molar refractivity (Wildman–Crippen MR) is 92.1 cm³/mol. The first kappa shape index (κ1) is 15.6. The van der Waals surface area contributed by atoms with Crippen molar-refractivity contribution in [2.75, 3.05) is 13.1 Å². The van der Waals surface area contributed by atoms with Gasteiger partial charge in [-0.15, -0.1) is 0 Å². The van der Waals surface area contributed by atoms with Crippen LogP contribution in [0.25, 0.3) is 5.69 Å². The number of piperidine rings is 1. The summed E-state index contributed by atoms with van der Waals surface area (Å²) in [4.78, 5) is 16.1. The Morgan fingerprint density at radius 1 is 1.16 bits per heavy atom. The Balaban J connectivity index is 1.41. The Morgan fingerprint density at radius 2 is 2.04 bits per heavy atom. The van der Waals surface area contributed by atoms with Crippen molar-refractivity contribution >= 4 is 5.91 Å². The van der Waals surface area contributed by atoms with Crippen molar-refractivity contribution in [2.45, 2.75) is 25.3 Å². The van der Waals surface area contributed by atoms with Gasteiger partial charge in [0.2, 0.25) is 5.91 Å². The van der Waals surface area contributed by atoms with Crippen LogP contribution in [0.4, 0.5) is 0 Å². The fraction of sp³-hybridized carbons (Fsp3) is 0.333. The number of aromatic nitrogens is 5. The van der Waals surface area contributed by atoms with E-state index in [-0.39, 0.29) is 18.4 Å². The molecule has 1 aromatic carbocycles. The zero-order valence-corrected chi connectivity index (χ0v) is 13.9. The lowest BCUT2D eigenvalue weighted by atomic mass is 10.1. The standard InChI is InChI=1S/C18H20N6O/c25-18(22-10-4-8-17(14-22)23-11-5-9-19-23)12-15-13-20-24(21-15)16-6-2-1-3-7-16/h1-3,5-7,9,11,13,17H,4,8,10,12,14H2. The Bertz CT molecular complexity index is 826. The molecule has 2 aromatic heterocycles. The van der Waals surface area contributed by atoms with Gasteiger partial charge < -0.3 is 4.90 Å². The van der Waals surface area contributed by atoms with Gasteiger partial charge in [0.15, 0.2) is 0 Å². The highest BCUT2D eigenvalue weighted by atomic mass is 16.2. The Hall–Kier alpha value is -2.96. The van der Waals surface area contributed by atoms with Crippen LogP contribution in [0, 0.1) is 0 Å². The number of hydrogen-bond donors (Lipinski definition) is 0. The largest absolute Gasteiger partial charge is 0.340 e.